The van der Waals surface area contributed by atoms with Crippen LogP contribution in [-0.4, -0.2) is 30.5 Å². The molecule has 0 saturated carbocycles. The summed E-state index contributed by atoms with van der Waals surface area (Å²) in [6.07, 6.45) is 3.89. The Morgan fingerprint density at radius 3 is 2.67 bits per heavy atom. The fourth-order valence-electron chi connectivity index (χ4n) is 3.12. The molecule has 1 aromatic carbocycles. The van der Waals surface area contributed by atoms with Crippen molar-refractivity contribution in [3.8, 4) is 11.6 Å². The maximum Gasteiger partial charge on any atom is 0.252 e. The van der Waals surface area contributed by atoms with Gasteiger partial charge in [-0.15, -0.1) is 0 Å². The maximum absolute atomic E-state index is 12.4. The Kier molecular flexibility index (Phi) is 5.58. The van der Waals surface area contributed by atoms with Crippen LogP contribution in [0.4, 0.5) is 5.69 Å². The van der Waals surface area contributed by atoms with Crippen molar-refractivity contribution >= 4 is 29.0 Å². The molecular formula is C21H19ClN6O2. The van der Waals surface area contributed by atoms with Crippen LogP contribution in [-0.2, 0) is 11.2 Å². The van der Waals surface area contributed by atoms with E-state index >= 15 is 0 Å². The molecule has 4 rings (SSSR count). The van der Waals surface area contributed by atoms with Gasteiger partial charge in [0.1, 0.15) is 12.1 Å². The molecule has 0 aliphatic heterocycles. The largest absolute Gasteiger partial charge is 0.439 e. The molecule has 8 nitrogen and oxygen atoms in total. The first-order valence-corrected chi connectivity index (χ1v) is 9.72. The van der Waals surface area contributed by atoms with Gasteiger partial charge in [-0.25, -0.2) is 14.5 Å². The Labute approximate surface area is 177 Å². The van der Waals surface area contributed by atoms with Crippen LogP contribution in [0.15, 0.2) is 48.9 Å². The molecule has 0 fully saturated rings. The predicted octanol–water partition coefficient (Wildman–Crippen LogP) is 4.15. The Balaban J connectivity index is 1.36. The Morgan fingerprint density at radius 2 is 1.93 bits per heavy atom. The first-order chi connectivity index (χ1) is 14.5. The quantitative estimate of drug-likeness (QED) is 0.501. The van der Waals surface area contributed by atoms with Crippen LogP contribution < -0.4 is 10.1 Å². The molecular weight excluding hydrogens is 404 g/mol. The average molecular weight is 423 g/mol. The van der Waals surface area contributed by atoms with E-state index in [1.165, 1.54) is 6.33 Å². The summed E-state index contributed by atoms with van der Waals surface area (Å²) in [7, 11) is 0. The molecule has 0 bridgehead atoms. The van der Waals surface area contributed by atoms with Crippen molar-refractivity contribution in [1.82, 2.24) is 24.6 Å². The molecule has 30 heavy (non-hydrogen) atoms. The van der Waals surface area contributed by atoms with Gasteiger partial charge in [-0.2, -0.15) is 10.1 Å². The Hall–Kier alpha value is -3.52. The van der Waals surface area contributed by atoms with Gasteiger partial charge >= 0.3 is 0 Å². The second-order valence-electron chi connectivity index (χ2n) is 6.72. The lowest BCUT2D eigenvalue weighted by atomic mass is 10.1. The third-order valence-corrected chi connectivity index (χ3v) is 4.90. The highest BCUT2D eigenvalue weighted by molar-refractivity contribution is 6.30. The second-order valence-corrected chi connectivity index (χ2v) is 7.16. The van der Waals surface area contributed by atoms with Crippen LogP contribution in [0.2, 0.25) is 5.02 Å². The molecule has 0 spiro atoms. The third kappa shape index (κ3) is 4.38. The molecule has 0 saturated heterocycles. The number of benzene rings is 1. The van der Waals surface area contributed by atoms with Crippen molar-refractivity contribution in [2.24, 2.45) is 0 Å². The third-order valence-electron chi connectivity index (χ3n) is 4.65. The first kappa shape index (κ1) is 19.8. The van der Waals surface area contributed by atoms with Gasteiger partial charge in [0, 0.05) is 28.9 Å². The van der Waals surface area contributed by atoms with E-state index in [1.54, 1.807) is 47.1 Å². The molecule has 152 valence electrons. The number of halogens is 1. The lowest BCUT2D eigenvalue weighted by Crippen LogP contribution is -2.14. The molecule has 0 atom stereocenters. The minimum atomic E-state index is -0.111. The normalized spacial score (nSPS) is 10.9. The van der Waals surface area contributed by atoms with Crippen molar-refractivity contribution in [1.29, 1.82) is 0 Å². The van der Waals surface area contributed by atoms with Gasteiger partial charge in [-0.05, 0) is 56.2 Å². The van der Waals surface area contributed by atoms with Crippen LogP contribution in [0.25, 0.3) is 5.78 Å². The molecule has 1 N–H and O–H groups in total. The van der Waals surface area contributed by atoms with E-state index in [2.05, 4.69) is 25.4 Å². The summed E-state index contributed by atoms with van der Waals surface area (Å²) in [5.74, 6) is 1.51. The van der Waals surface area contributed by atoms with Crippen LogP contribution in [0.5, 0.6) is 11.6 Å². The molecule has 4 aromatic rings. The lowest BCUT2D eigenvalue weighted by molar-refractivity contribution is -0.116. The lowest BCUT2D eigenvalue weighted by Gasteiger charge is -2.11. The zero-order valence-electron chi connectivity index (χ0n) is 16.5. The zero-order chi connectivity index (χ0) is 21.1. The average Bonchev–Trinajstić information content (AvgIpc) is 3.19. The summed E-state index contributed by atoms with van der Waals surface area (Å²) in [5, 5.41) is 7.66. The van der Waals surface area contributed by atoms with Gasteiger partial charge in [-0.1, -0.05) is 11.6 Å². The number of anilines is 1. The number of hydrogen-bond donors (Lipinski definition) is 1. The van der Waals surface area contributed by atoms with Crippen LogP contribution in [0, 0.1) is 13.8 Å². The van der Waals surface area contributed by atoms with Crippen molar-refractivity contribution < 1.29 is 9.53 Å². The fraction of sp³-hybridized carbons (Fsp3) is 0.190. The standard InChI is InChI=1S/C21H19ClN6O2/c1-13-18(14(2)28-21(26-13)24-12-25-28)8-9-19(29)27-16-5-10-20(23-11-16)30-17-6-3-15(22)4-7-17/h3-7,10-12H,8-9H2,1-2H3,(H,27,29). The second kappa shape index (κ2) is 8.46. The van der Waals surface area contributed by atoms with Gasteiger partial charge in [-0.3, -0.25) is 4.79 Å². The van der Waals surface area contributed by atoms with Gasteiger partial charge in [0.2, 0.25) is 11.8 Å². The number of hydrogen-bond acceptors (Lipinski definition) is 6. The summed E-state index contributed by atoms with van der Waals surface area (Å²) >= 11 is 5.86. The molecule has 0 aliphatic carbocycles. The predicted molar refractivity (Wildman–Crippen MR) is 113 cm³/mol. The topological polar surface area (TPSA) is 94.3 Å². The maximum atomic E-state index is 12.4. The van der Waals surface area contributed by atoms with E-state index < -0.39 is 0 Å². The van der Waals surface area contributed by atoms with Crippen LogP contribution >= 0.6 is 11.6 Å². The Bertz CT molecular complexity index is 1190. The molecule has 9 heteroatoms. The number of carbonyl (C=O) groups is 1. The van der Waals surface area contributed by atoms with Crippen molar-refractivity contribution in [2.75, 3.05) is 5.32 Å². The molecule has 3 aromatic heterocycles. The first-order valence-electron chi connectivity index (χ1n) is 9.35. The molecule has 0 unspecified atom stereocenters. The monoisotopic (exact) mass is 422 g/mol. The summed E-state index contributed by atoms with van der Waals surface area (Å²) in [5.41, 5.74) is 3.38. The van der Waals surface area contributed by atoms with E-state index in [4.69, 9.17) is 16.3 Å². The van der Waals surface area contributed by atoms with Gasteiger partial charge in [0.05, 0.1) is 11.9 Å². The number of aryl methyl sites for hydroxylation is 2. The van der Waals surface area contributed by atoms with Gasteiger partial charge in [0.25, 0.3) is 5.78 Å². The van der Waals surface area contributed by atoms with Crippen molar-refractivity contribution in [3.63, 3.8) is 0 Å². The molecule has 0 radical (unpaired) electrons. The number of amides is 1. The highest BCUT2D eigenvalue weighted by Gasteiger charge is 2.13. The van der Waals surface area contributed by atoms with Gasteiger partial charge < -0.3 is 10.1 Å². The minimum absolute atomic E-state index is 0.111. The summed E-state index contributed by atoms with van der Waals surface area (Å²) in [6, 6.07) is 10.4. The number of pyridine rings is 1. The number of rotatable bonds is 6. The number of fused-ring (bicyclic) bond motifs is 1. The molecule has 0 aliphatic rings. The number of nitrogens with zero attached hydrogens (tertiary/aromatic N) is 5. The minimum Gasteiger partial charge on any atom is -0.439 e. The van der Waals surface area contributed by atoms with E-state index in [0.29, 0.717) is 41.0 Å². The zero-order valence-corrected chi connectivity index (χ0v) is 17.2. The molecule has 3 heterocycles. The summed E-state index contributed by atoms with van der Waals surface area (Å²) < 4.78 is 7.33. The van der Waals surface area contributed by atoms with Crippen LogP contribution in [0.1, 0.15) is 23.4 Å². The summed E-state index contributed by atoms with van der Waals surface area (Å²) in [6.45, 7) is 3.87. The number of nitrogens with one attached hydrogen (secondary N) is 1. The van der Waals surface area contributed by atoms with E-state index in [9.17, 15) is 4.79 Å². The van der Waals surface area contributed by atoms with E-state index in [0.717, 1.165) is 17.0 Å². The van der Waals surface area contributed by atoms with Crippen molar-refractivity contribution in [2.45, 2.75) is 26.7 Å². The highest BCUT2D eigenvalue weighted by atomic mass is 35.5. The fourth-order valence-corrected chi connectivity index (χ4v) is 3.24. The van der Waals surface area contributed by atoms with Crippen LogP contribution in [0.3, 0.4) is 0 Å². The number of carbonyl (C=O) groups excluding carboxylic acids is 1. The highest BCUT2D eigenvalue weighted by Crippen LogP contribution is 2.22. The smallest absolute Gasteiger partial charge is 0.252 e. The number of ether oxygens (including phenoxy) is 1. The van der Waals surface area contributed by atoms with E-state index in [-0.39, 0.29) is 5.91 Å². The number of aromatic nitrogens is 5. The SMILES string of the molecule is Cc1nc2ncnn2c(C)c1CCC(=O)Nc1ccc(Oc2ccc(Cl)cc2)nc1. The molecule has 1 amide bonds. The van der Waals surface area contributed by atoms with Crippen molar-refractivity contribution in [3.05, 3.63) is 70.9 Å². The van der Waals surface area contributed by atoms with E-state index in [1.807, 2.05) is 13.8 Å². The summed E-state index contributed by atoms with van der Waals surface area (Å²) in [4.78, 5) is 25.2. The van der Waals surface area contributed by atoms with Gasteiger partial charge in [0.15, 0.2) is 0 Å². The Morgan fingerprint density at radius 1 is 1.13 bits per heavy atom.